The number of esters is 1. The van der Waals surface area contributed by atoms with Gasteiger partial charge in [-0.15, -0.1) is 0 Å². The zero-order valence-corrected chi connectivity index (χ0v) is 27.1. The third-order valence-electron chi connectivity index (χ3n) is 8.37. The molecule has 1 aromatic carbocycles. The number of ketones is 1. The van der Waals surface area contributed by atoms with Crippen molar-refractivity contribution in [3.63, 3.8) is 0 Å². The minimum absolute atomic E-state index is 0.0203. The smallest absolute Gasteiger partial charge is 0.306 e. The number of aryl methyl sites for hydroxylation is 2. The molecular formula is C33H44Cl2N3O5+. The first-order valence-corrected chi connectivity index (χ1v) is 16.0. The van der Waals surface area contributed by atoms with Crippen LogP contribution in [0.4, 0.5) is 0 Å². The third kappa shape index (κ3) is 8.93. The first-order chi connectivity index (χ1) is 20.3. The molecule has 10 heteroatoms. The van der Waals surface area contributed by atoms with E-state index in [2.05, 4.69) is 24.0 Å². The van der Waals surface area contributed by atoms with Crippen molar-refractivity contribution in [1.82, 2.24) is 9.80 Å². The molecule has 3 heterocycles. The van der Waals surface area contributed by atoms with E-state index in [4.69, 9.17) is 27.9 Å². The maximum Gasteiger partial charge on any atom is 0.306 e. The Morgan fingerprint density at radius 2 is 1.84 bits per heavy atom. The molecule has 1 N–H and O–H groups in total. The van der Waals surface area contributed by atoms with Gasteiger partial charge in [0.25, 0.3) is 0 Å². The molecule has 0 bridgehead atoms. The minimum Gasteiger partial charge on any atom is -0.460 e. The van der Waals surface area contributed by atoms with E-state index in [-0.39, 0.29) is 59.5 Å². The molecule has 0 spiro atoms. The Hall–Kier alpha value is -2.68. The zero-order chi connectivity index (χ0) is 31.3. The van der Waals surface area contributed by atoms with Crippen LogP contribution < -0.4 is 4.73 Å². The number of benzene rings is 1. The molecule has 2 aromatic rings. The second kappa shape index (κ2) is 14.4. The molecule has 234 valence electrons. The molecule has 4 atom stereocenters. The maximum atomic E-state index is 14.2. The number of ether oxygens (including phenoxy) is 1. The molecule has 1 amide bonds. The van der Waals surface area contributed by atoms with Crippen molar-refractivity contribution < 1.29 is 29.1 Å². The number of hydrogen-bond donors (Lipinski definition) is 1. The van der Waals surface area contributed by atoms with Crippen molar-refractivity contribution >= 4 is 40.9 Å². The first kappa shape index (κ1) is 33.2. The monoisotopic (exact) mass is 632 g/mol. The summed E-state index contributed by atoms with van der Waals surface area (Å²) in [5.41, 5.74) is 1.05. The fourth-order valence-corrected chi connectivity index (χ4v) is 6.67. The number of pyridine rings is 1. The van der Waals surface area contributed by atoms with Gasteiger partial charge in [-0.25, -0.2) is 0 Å². The summed E-state index contributed by atoms with van der Waals surface area (Å²) in [6.07, 6.45) is 5.09. The van der Waals surface area contributed by atoms with Gasteiger partial charge in [-0.05, 0) is 64.4 Å². The van der Waals surface area contributed by atoms with Gasteiger partial charge in [-0.1, -0.05) is 60.5 Å². The number of amides is 1. The standard InChI is InChI=1S/C33H44Cl2N3O5/c1-22-18-29-32(41)36(17-16-24(37(29)20-22)11-10-23-8-6-5-7-9-23)28(13-15-31(40)43-33(2,3)4)30(39)14-12-25-19-26(34)27(35)21-38(25)42/h5-9,19,21-22,24,28-29,42H,10-18,20H2,1-4H3/q+1/t22-,24?,28-,29+/m1/s1. The summed E-state index contributed by atoms with van der Waals surface area (Å²) >= 11 is 12.2. The lowest BCUT2D eigenvalue weighted by Gasteiger charge is -2.32. The van der Waals surface area contributed by atoms with Gasteiger partial charge in [0.15, 0.2) is 5.78 Å². The van der Waals surface area contributed by atoms with Crippen molar-refractivity contribution in [1.29, 1.82) is 0 Å². The van der Waals surface area contributed by atoms with Gasteiger partial charge in [0.05, 0.1) is 17.1 Å². The van der Waals surface area contributed by atoms with Crippen LogP contribution in [0, 0.1) is 5.92 Å². The molecule has 1 aromatic heterocycles. The van der Waals surface area contributed by atoms with Crippen LogP contribution in [0.1, 0.15) is 77.5 Å². The summed E-state index contributed by atoms with van der Waals surface area (Å²) in [5.74, 6) is -0.232. The number of aromatic nitrogens is 1. The van der Waals surface area contributed by atoms with Crippen LogP contribution >= 0.6 is 23.2 Å². The minimum atomic E-state index is -0.777. The average Bonchev–Trinajstić information content (AvgIpc) is 3.28. The van der Waals surface area contributed by atoms with E-state index in [1.54, 1.807) is 25.7 Å². The van der Waals surface area contributed by atoms with Crippen LogP contribution in [0.2, 0.25) is 10.0 Å². The zero-order valence-electron chi connectivity index (χ0n) is 25.6. The molecule has 2 aliphatic heterocycles. The number of carbonyl (C=O) groups is 3. The second-order valence-electron chi connectivity index (χ2n) is 13.0. The molecule has 0 radical (unpaired) electrons. The number of halogens is 2. The molecule has 2 saturated heterocycles. The topological polar surface area (TPSA) is 91.0 Å². The quantitative estimate of drug-likeness (QED) is 0.201. The van der Waals surface area contributed by atoms with Gasteiger partial charge in [0, 0.05) is 49.2 Å². The molecule has 2 aliphatic rings. The lowest BCUT2D eigenvalue weighted by atomic mass is 9.98. The van der Waals surface area contributed by atoms with Crippen LogP contribution in [0.15, 0.2) is 42.6 Å². The molecule has 4 rings (SSSR count). The van der Waals surface area contributed by atoms with Gasteiger partial charge in [0.1, 0.15) is 10.6 Å². The van der Waals surface area contributed by atoms with E-state index >= 15 is 0 Å². The highest BCUT2D eigenvalue weighted by atomic mass is 35.5. The van der Waals surface area contributed by atoms with Crippen LogP contribution in [-0.2, 0) is 32.0 Å². The Bertz CT molecular complexity index is 1300. The fraction of sp³-hybridized carbons (Fsp3) is 0.576. The van der Waals surface area contributed by atoms with Crippen molar-refractivity contribution in [2.75, 3.05) is 13.1 Å². The van der Waals surface area contributed by atoms with Crippen LogP contribution in [0.5, 0.6) is 0 Å². The lowest BCUT2D eigenvalue weighted by molar-refractivity contribution is -0.909. The number of hydrogen-bond acceptors (Lipinski definition) is 6. The predicted octanol–water partition coefficient (Wildman–Crippen LogP) is 5.45. The summed E-state index contributed by atoms with van der Waals surface area (Å²) in [4.78, 5) is 44.8. The Morgan fingerprint density at radius 3 is 2.53 bits per heavy atom. The van der Waals surface area contributed by atoms with Crippen LogP contribution in [-0.4, -0.2) is 69.5 Å². The summed E-state index contributed by atoms with van der Waals surface area (Å²) < 4.78 is 6.39. The fourth-order valence-electron chi connectivity index (χ4n) is 6.35. The number of carbonyl (C=O) groups excluding carboxylic acids is 3. The second-order valence-corrected chi connectivity index (χ2v) is 13.8. The molecule has 0 aliphatic carbocycles. The van der Waals surface area contributed by atoms with Crippen molar-refractivity contribution in [2.24, 2.45) is 5.92 Å². The van der Waals surface area contributed by atoms with E-state index in [1.165, 1.54) is 17.8 Å². The molecule has 43 heavy (non-hydrogen) atoms. The predicted molar refractivity (Wildman–Crippen MR) is 165 cm³/mol. The molecule has 2 fully saturated rings. The molecule has 0 saturated carbocycles. The van der Waals surface area contributed by atoms with E-state index < -0.39 is 17.6 Å². The van der Waals surface area contributed by atoms with E-state index in [9.17, 15) is 19.6 Å². The number of nitrogens with zero attached hydrogens (tertiary/aromatic N) is 3. The normalized spacial score (nSPS) is 21.8. The van der Waals surface area contributed by atoms with Gasteiger partial charge in [-0.2, -0.15) is 0 Å². The van der Waals surface area contributed by atoms with E-state index in [0.29, 0.717) is 18.2 Å². The molecular weight excluding hydrogens is 589 g/mol. The Balaban J connectivity index is 1.55. The highest BCUT2D eigenvalue weighted by Crippen LogP contribution is 2.33. The van der Waals surface area contributed by atoms with E-state index in [1.807, 2.05) is 18.2 Å². The first-order valence-electron chi connectivity index (χ1n) is 15.3. The number of fused-ring (bicyclic) bond motifs is 1. The van der Waals surface area contributed by atoms with E-state index in [0.717, 1.165) is 37.0 Å². The van der Waals surface area contributed by atoms with Gasteiger partial charge < -0.3 is 9.64 Å². The summed E-state index contributed by atoms with van der Waals surface area (Å²) in [7, 11) is 0. The van der Waals surface area contributed by atoms with Gasteiger partial charge in [-0.3, -0.25) is 24.5 Å². The van der Waals surface area contributed by atoms with Gasteiger partial charge >= 0.3 is 5.97 Å². The maximum absolute atomic E-state index is 14.2. The van der Waals surface area contributed by atoms with Crippen LogP contribution in [0.25, 0.3) is 0 Å². The highest BCUT2D eigenvalue weighted by Gasteiger charge is 2.45. The van der Waals surface area contributed by atoms with Crippen molar-refractivity contribution in [3.8, 4) is 0 Å². The Kier molecular flexibility index (Phi) is 11.1. The Morgan fingerprint density at radius 1 is 1.12 bits per heavy atom. The van der Waals surface area contributed by atoms with Gasteiger partial charge in [0.2, 0.25) is 17.8 Å². The average molecular weight is 634 g/mol. The highest BCUT2D eigenvalue weighted by molar-refractivity contribution is 6.41. The molecule has 1 unspecified atom stereocenters. The van der Waals surface area contributed by atoms with Crippen molar-refractivity contribution in [2.45, 2.75) is 103 Å². The number of rotatable bonds is 11. The lowest BCUT2D eigenvalue weighted by Crippen LogP contribution is -2.51. The molecule has 8 nitrogen and oxygen atoms in total. The third-order valence-corrected chi connectivity index (χ3v) is 9.08. The summed E-state index contributed by atoms with van der Waals surface area (Å²) in [6, 6.07) is 11.1. The summed E-state index contributed by atoms with van der Waals surface area (Å²) in [6.45, 7) is 8.88. The SMILES string of the molecule is C[C@@H]1C[C@H]2C(=O)N([C@H](CCC(=O)OC(C)(C)C)C(=O)CCc3cc(Cl)c(Cl)c[n+]3O)CCC(CCc3ccccc3)N2C1. The largest absolute Gasteiger partial charge is 0.460 e. The Labute approximate surface area is 264 Å². The van der Waals surface area contributed by atoms with Crippen LogP contribution in [0.3, 0.4) is 0 Å². The summed E-state index contributed by atoms with van der Waals surface area (Å²) in [5, 5.41) is 10.8. The van der Waals surface area contributed by atoms with Crippen molar-refractivity contribution in [3.05, 3.63) is 63.9 Å². The number of Topliss-reactive ketones (excluding diaryl/α,β-unsaturated/α-hetero) is 1.